The van der Waals surface area contributed by atoms with Crippen molar-refractivity contribution in [1.29, 1.82) is 0 Å². The van der Waals surface area contributed by atoms with Gasteiger partial charge in [0.2, 0.25) is 11.8 Å². The summed E-state index contributed by atoms with van der Waals surface area (Å²) in [5.74, 6) is 0.0273. The second-order valence-corrected chi connectivity index (χ2v) is 9.08. The van der Waals surface area contributed by atoms with E-state index in [1.165, 1.54) is 6.20 Å². The number of anilines is 2. The van der Waals surface area contributed by atoms with Crippen LogP contribution in [-0.2, 0) is 22.4 Å². The van der Waals surface area contributed by atoms with Crippen LogP contribution in [0.1, 0.15) is 55.5 Å². The molecule has 9 heteroatoms. The Balaban J connectivity index is 1.56. The Labute approximate surface area is 210 Å². The van der Waals surface area contributed by atoms with Gasteiger partial charge in [-0.25, -0.2) is 9.78 Å². The number of nitrogens with zero attached hydrogens (tertiary/aromatic N) is 1. The summed E-state index contributed by atoms with van der Waals surface area (Å²) in [6, 6.07) is 13.8. The molecule has 0 saturated heterocycles. The number of nitrogens with one attached hydrogen (secondary N) is 3. The number of oxazole rings is 1. The molecule has 1 aromatic heterocycles. The quantitative estimate of drug-likeness (QED) is 0.295. The topological polar surface area (TPSA) is 134 Å². The number of aryl methyl sites for hydroxylation is 2. The minimum absolute atomic E-state index is 0.0474. The lowest BCUT2D eigenvalue weighted by Crippen LogP contribution is -2.31. The first-order valence-corrected chi connectivity index (χ1v) is 11.9. The third kappa shape index (κ3) is 8.26. The van der Waals surface area contributed by atoms with E-state index in [-0.39, 0.29) is 37.1 Å². The van der Waals surface area contributed by atoms with Crippen molar-refractivity contribution < 1.29 is 23.9 Å². The lowest BCUT2D eigenvalue weighted by atomic mass is 10.0. The summed E-state index contributed by atoms with van der Waals surface area (Å²) in [5, 5.41) is 17.4. The lowest BCUT2D eigenvalue weighted by Gasteiger charge is -2.18. The molecule has 4 N–H and O–H groups in total. The molecule has 3 aromatic rings. The van der Waals surface area contributed by atoms with Crippen LogP contribution in [0, 0.1) is 12.8 Å². The largest absolute Gasteiger partial charge is 0.481 e. The summed E-state index contributed by atoms with van der Waals surface area (Å²) in [6.07, 6.45) is 2.49. The van der Waals surface area contributed by atoms with E-state index in [9.17, 15) is 14.4 Å². The predicted molar refractivity (Wildman–Crippen MR) is 137 cm³/mol. The van der Waals surface area contributed by atoms with Gasteiger partial charge in [0, 0.05) is 17.8 Å². The predicted octanol–water partition coefficient (Wildman–Crippen LogP) is 5.09. The van der Waals surface area contributed by atoms with Crippen molar-refractivity contribution in [3.63, 3.8) is 0 Å². The summed E-state index contributed by atoms with van der Waals surface area (Å²) < 4.78 is 5.72. The van der Waals surface area contributed by atoms with Crippen LogP contribution in [0.5, 0.6) is 0 Å². The number of urea groups is 1. The molecule has 0 aliphatic rings. The normalized spacial score (nSPS) is 11.7. The molecular weight excluding hydrogens is 460 g/mol. The molecule has 0 fully saturated rings. The smallest absolute Gasteiger partial charge is 0.323 e. The highest BCUT2D eigenvalue weighted by atomic mass is 16.4. The van der Waals surface area contributed by atoms with E-state index < -0.39 is 12.0 Å². The molecule has 0 bridgehead atoms. The van der Waals surface area contributed by atoms with E-state index in [2.05, 4.69) is 20.9 Å². The molecule has 9 nitrogen and oxygen atoms in total. The number of para-hydroxylation sites is 1. The second-order valence-electron chi connectivity index (χ2n) is 9.08. The van der Waals surface area contributed by atoms with E-state index in [0.717, 1.165) is 16.8 Å². The highest BCUT2D eigenvalue weighted by molar-refractivity contribution is 6.00. The third-order valence-electron chi connectivity index (χ3n) is 5.47. The van der Waals surface area contributed by atoms with Crippen LogP contribution in [0.2, 0.25) is 0 Å². The fourth-order valence-corrected chi connectivity index (χ4v) is 3.66. The maximum atomic E-state index is 12.8. The summed E-state index contributed by atoms with van der Waals surface area (Å²) in [7, 11) is 0. The van der Waals surface area contributed by atoms with Crippen LogP contribution < -0.4 is 16.0 Å². The summed E-state index contributed by atoms with van der Waals surface area (Å²) in [6.45, 7) is 5.99. The first-order chi connectivity index (χ1) is 17.2. The van der Waals surface area contributed by atoms with E-state index >= 15 is 0 Å². The average molecular weight is 493 g/mol. The molecule has 1 heterocycles. The van der Waals surface area contributed by atoms with Crippen LogP contribution in [0.25, 0.3) is 0 Å². The number of rotatable bonds is 11. The number of aromatic nitrogens is 1. The van der Waals surface area contributed by atoms with Gasteiger partial charge in [0.15, 0.2) is 0 Å². The standard InChI is InChI=1S/C27H32N4O5/c1-17(2)14-23(26-28-16-21(36-26)12-13-25(33)34)30-24(32)15-19-8-10-20(11-9-19)29-27(35)31-22-7-5-4-6-18(22)3/h4-11,16-17,23H,12-15H2,1-3H3,(H,30,32)(H,33,34)(H2,29,31,35). The number of carbonyl (C=O) groups excluding carboxylic acids is 2. The van der Waals surface area contributed by atoms with Gasteiger partial charge in [-0.1, -0.05) is 44.2 Å². The maximum Gasteiger partial charge on any atom is 0.323 e. The van der Waals surface area contributed by atoms with Crippen molar-refractivity contribution in [2.24, 2.45) is 5.92 Å². The van der Waals surface area contributed by atoms with Gasteiger partial charge in [-0.05, 0) is 48.6 Å². The number of amides is 3. The van der Waals surface area contributed by atoms with Crippen molar-refractivity contribution >= 4 is 29.3 Å². The monoisotopic (exact) mass is 492 g/mol. The molecule has 2 aromatic carbocycles. The molecule has 0 saturated carbocycles. The third-order valence-corrected chi connectivity index (χ3v) is 5.47. The van der Waals surface area contributed by atoms with Crippen LogP contribution in [0.15, 0.2) is 59.1 Å². The zero-order valence-electron chi connectivity index (χ0n) is 20.7. The van der Waals surface area contributed by atoms with E-state index in [4.69, 9.17) is 9.52 Å². The van der Waals surface area contributed by atoms with Gasteiger partial charge in [-0.3, -0.25) is 9.59 Å². The average Bonchev–Trinajstić information content (AvgIpc) is 3.29. The zero-order chi connectivity index (χ0) is 26.1. The first-order valence-electron chi connectivity index (χ1n) is 11.9. The Kier molecular flexibility index (Phi) is 9.21. The molecule has 3 amide bonds. The molecule has 1 unspecified atom stereocenters. The highest BCUT2D eigenvalue weighted by Crippen LogP contribution is 2.22. The molecule has 0 radical (unpaired) electrons. The maximum absolute atomic E-state index is 12.8. The van der Waals surface area contributed by atoms with Crippen molar-refractivity contribution in [1.82, 2.24) is 10.3 Å². The van der Waals surface area contributed by atoms with E-state index in [1.54, 1.807) is 24.3 Å². The molecule has 1 atom stereocenters. The Morgan fingerprint density at radius 1 is 1.03 bits per heavy atom. The fourth-order valence-electron chi connectivity index (χ4n) is 3.66. The van der Waals surface area contributed by atoms with Gasteiger partial charge in [-0.2, -0.15) is 0 Å². The molecule has 0 spiro atoms. The molecular formula is C27H32N4O5. The van der Waals surface area contributed by atoms with Crippen molar-refractivity contribution in [2.75, 3.05) is 10.6 Å². The number of hydrogen-bond acceptors (Lipinski definition) is 5. The number of hydrogen-bond donors (Lipinski definition) is 4. The number of benzene rings is 2. The van der Waals surface area contributed by atoms with Gasteiger partial charge in [0.1, 0.15) is 11.8 Å². The summed E-state index contributed by atoms with van der Waals surface area (Å²) in [5.41, 5.74) is 3.09. The minimum atomic E-state index is -0.909. The fraction of sp³-hybridized carbons (Fsp3) is 0.333. The van der Waals surface area contributed by atoms with Crippen molar-refractivity contribution in [3.05, 3.63) is 77.5 Å². The minimum Gasteiger partial charge on any atom is -0.481 e. The van der Waals surface area contributed by atoms with Gasteiger partial charge in [-0.15, -0.1) is 0 Å². The van der Waals surface area contributed by atoms with E-state index in [0.29, 0.717) is 23.8 Å². The molecule has 190 valence electrons. The SMILES string of the molecule is Cc1ccccc1NC(=O)Nc1ccc(CC(=O)NC(CC(C)C)c2ncc(CCC(=O)O)o2)cc1. The number of carboxylic acids is 1. The van der Waals surface area contributed by atoms with Gasteiger partial charge in [0.25, 0.3) is 0 Å². The van der Waals surface area contributed by atoms with Gasteiger partial charge >= 0.3 is 12.0 Å². The lowest BCUT2D eigenvalue weighted by molar-refractivity contribution is -0.137. The van der Waals surface area contributed by atoms with Gasteiger partial charge < -0.3 is 25.5 Å². The Morgan fingerprint density at radius 2 is 1.75 bits per heavy atom. The van der Waals surface area contributed by atoms with Crippen molar-refractivity contribution in [3.8, 4) is 0 Å². The van der Waals surface area contributed by atoms with Crippen LogP contribution in [0.3, 0.4) is 0 Å². The van der Waals surface area contributed by atoms with E-state index in [1.807, 2.05) is 45.0 Å². The van der Waals surface area contributed by atoms with Crippen LogP contribution in [-0.4, -0.2) is 28.0 Å². The number of aliphatic carboxylic acids is 1. The zero-order valence-corrected chi connectivity index (χ0v) is 20.7. The summed E-state index contributed by atoms with van der Waals surface area (Å²) >= 11 is 0. The van der Waals surface area contributed by atoms with Crippen LogP contribution >= 0.6 is 0 Å². The molecule has 3 rings (SSSR count). The Hall–Kier alpha value is -4.14. The molecule has 0 aliphatic carbocycles. The van der Waals surface area contributed by atoms with Crippen LogP contribution in [0.4, 0.5) is 16.2 Å². The first kappa shape index (κ1) is 26.5. The number of carboxylic acid groups (broad SMARTS) is 1. The summed E-state index contributed by atoms with van der Waals surface area (Å²) in [4.78, 5) is 40.1. The highest BCUT2D eigenvalue weighted by Gasteiger charge is 2.21. The Bertz CT molecular complexity index is 1190. The van der Waals surface area contributed by atoms with Crippen molar-refractivity contribution in [2.45, 2.75) is 52.5 Å². The molecule has 0 aliphatic heterocycles. The Morgan fingerprint density at radius 3 is 2.42 bits per heavy atom. The molecule has 36 heavy (non-hydrogen) atoms. The van der Waals surface area contributed by atoms with Gasteiger partial charge in [0.05, 0.1) is 19.0 Å². The second kappa shape index (κ2) is 12.5. The number of carbonyl (C=O) groups is 3.